The number of halogens is 2. The van der Waals surface area contributed by atoms with Gasteiger partial charge in [0, 0.05) is 12.1 Å². The van der Waals surface area contributed by atoms with E-state index in [0.29, 0.717) is 0 Å². The first-order valence-corrected chi connectivity index (χ1v) is 7.34. The van der Waals surface area contributed by atoms with Gasteiger partial charge in [-0.15, -0.1) is 0 Å². The third kappa shape index (κ3) is 3.71. The summed E-state index contributed by atoms with van der Waals surface area (Å²) < 4.78 is 35.9. The van der Waals surface area contributed by atoms with Crippen LogP contribution in [0.5, 0.6) is 5.75 Å². The maximum Gasteiger partial charge on any atom is 0.343 e. The number of benzene rings is 1. The van der Waals surface area contributed by atoms with Gasteiger partial charge >= 0.3 is 11.9 Å². The number of methoxy groups -OCH3 is 2. The van der Waals surface area contributed by atoms with Crippen molar-refractivity contribution in [1.29, 1.82) is 0 Å². The van der Waals surface area contributed by atoms with Gasteiger partial charge in [0.05, 0.1) is 26.2 Å². The Morgan fingerprint density at radius 1 is 1.19 bits per heavy atom. The van der Waals surface area contributed by atoms with E-state index in [4.69, 9.17) is 0 Å². The number of carbonyl (C=O) groups excluding carboxylic acids is 2. The summed E-state index contributed by atoms with van der Waals surface area (Å²) in [6, 6.07) is 2.78. The lowest BCUT2D eigenvalue weighted by Crippen LogP contribution is -2.22. The number of esters is 2. The molecule has 0 spiro atoms. The van der Waals surface area contributed by atoms with Crippen LogP contribution in [0.15, 0.2) is 29.2 Å². The normalized spacial score (nSPS) is 11.7. The Balaban J connectivity index is 2.69. The molecule has 138 valence electrons. The van der Waals surface area contributed by atoms with E-state index in [9.17, 15) is 28.3 Å². The van der Waals surface area contributed by atoms with Crippen molar-refractivity contribution < 1.29 is 33.0 Å². The standard InChI is InChI=1S/C17H15F2NO6/c1-25-13(21)6-9(8-3-4-11(18)12(19)5-8)14-15(22)10(17(24)26-2)7-20-16(14)23/h3-5,7,9H,6H2,1-2H3,(H2,20,22,23)/t9-/m0/s1. The number of pyridine rings is 1. The minimum absolute atomic E-state index is 0.0390. The lowest BCUT2D eigenvalue weighted by atomic mass is 9.87. The quantitative estimate of drug-likeness (QED) is 0.781. The van der Waals surface area contributed by atoms with E-state index in [1.165, 1.54) is 0 Å². The maximum atomic E-state index is 13.6. The van der Waals surface area contributed by atoms with E-state index in [1.54, 1.807) is 0 Å². The molecule has 2 aromatic rings. The molecule has 0 bridgehead atoms. The maximum absolute atomic E-state index is 13.6. The van der Waals surface area contributed by atoms with Crippen LogP contribution in [0, 0.1) is 11.6 Å². The molecule has 0 fully saturated rings. The fourth-order valence-corrected chi connectivity index (χ4v) is 2.49. The highest BCUT2D eigenvalue weighted by atomic mass is 19.2. The molecule has 26 heavy (non-hydrogen) atoms. The molecule has 0 amide bonds. The Bertz CT molecular complexity index is 909. The van der Waals surface area contributed by atoms with Crippen LogP contribution in [-0.4, -0.2) is 36.2 Å². The van der Waals surface area contributed by atoms with E-state index in [1.807, 2.05) is 0 Å². The van der Waals surface area contributed by atoms with Crippen molar-refractivity contribution in [3.8, 4) is 5.75 Å². The number of carbonyl (C=O) groups is 2. The predicted octanol–water partition coefficient (Wildman–Crippen LogP) is 1.84. The summed E-state index contributed by atoms with van der Waals surface area (Å²) in [4.78, 5) is 38.0. The first-order chi connectivity index (χ1) is 12.3. The molecule has 7 nitrogen and oxygen atoms in total. The Morgan fingerprint density at radius 3 is 2.46 bits per heavy atom. The second kappa shape index (κ2) is 7.77. The van der Waals surface area contributed by atoms with Crippen molar-refractivity contribution in [3.05, 3.63) is 63.1 Å². The first-order valence-electron chi connectivity index (χ1n) is 7.34. The SMILES string of the molecule is COC(=O)C[C@@H](c1ccc(F)c(F)c1)c1c(O)c(C(=O)OC)c[nH]c1=O. The molecule has 0 saturated carbocycles. The predicted molar refractivity (Wildman–Crippen MR) is 84.9 cm³/mol. The lowest BCUT2D eigenvalue weighted by molar-refractivity contribution is -0.140. The van der Waals surface area contributed by atoms with Crippen LogP contribution in [-0.2, 0) is 14.3 Å². The number of H-pyrrole nitrogens is 1. The van der Waals surface area contributed by atoms with Crippen molar-refractivity contribution in [3.63, 3.8) is 0 Å². The number of hydrogen-bond acceptors (Lipinski definition) is 6. The molecule has 0 aliphatic rings. The van der Waals surface area contributed by atoms with E-state index in [2.05, 4.69) is 14.5 Å². The molecule has 9 heteroatoms. The second-order valence-corrected chi connectivity index (χ2v) is 5.29. The number of nitrogens with one attached hydrogen (secondary N) is 1. The molecule has 1 aromatic carbocycles. The minimum Gasteiger partial charge on any atom is -0.506 e. The number of ether oxygens (including phenoxy) is 2. The molecule has 2 rings (SSSR count). The van der Waals surface area contributed by atoms with Gasteiger partial charge in [0.1, 0.15) is 11.3 Å². The van der Waals surface area contributed by atoms with Crippen molar-refractivity contribution >= 4 is 11.9 Å². The van der Waals surface area contributed by atoms with Gasteiger partial charge < -0.3 is 19.6 Å². The second-order valence-electron chi connectivity index (χ2n) is 5.29. The van der Waals surface area contributed by atoms with Crippen LogP contribution in [0.3, 0.4) is 0 Å². The monoisotopic (exact) mass is 367 g/mol. The topological polar surface area (TPSA) is 106 Å². The average molecular weight is 367 g/mol. The Labute approximate surface area is 146 Å². The van der Waals surface area contributed by atoms with Crippen LogP contribution < -0.4 is 5.56 Å². The largest absolute Gasteiger partial charge is 0.506 e. The molecule has 0 unspecified atom stereocenters. The molecular weight excluding hydrogens is 352 g/mol. The summed E-state index contributed by atoms with van der Waals surface area (Å²) in [6.07, 6.45) is 0.496. The van der Waals surface area contributed by atoms with Gasteiger partial charge in [0.15, 0.2) is 11.6 Å². The Hall–Kier alpha value is -3.23. The van der Waals surface area contributed by atoms with Gasteiger partial charge in [-0.05, 0) is 17.7 Å². The van der Waals surface area contributed by atoms with Crippen LogP contribution in [0.4, 0.5) is 8.78 Å². The van der Waals surface area contributed by atoms with Gasteiger partial charge in [-0.1, -0.05) is 6.07 Å². The fraction of sp³-hybridized carbons (Fsp3) is 0.235. The van der Waals surface area contributed by atoms with E-state index < -0.39 is 47.2 Å². The molecule has 1 atom stereocenters. The number of aromatic hydroxyl groups is 1. The van der Waals surface area contributed by atoms with Crippen molar-refractivity contribution in [2.45, 2.75) is 12.3 Å². The van der Waals surface area contributed by atoms with Crippen LogP contribution in [0.25, 0.3) is 0 Å². The van der Waals surface area contributed by atoms with Gasteiger partial charge in [-0.2, -0.15) is 0 Å². The zero-order chi connectivity index (χ0) is 19.4. The highest BCUT2D eigenvalue weighted by molar-refractivity contribution is 5.92. The summed E-state index contributed by atoms with van der Waals surface area (Å²) in [5, 5.41) is 10.4. The van der Waals surface area contributed by atoms with Crippen molar-refractivity contribution in [2.24, 2.45) is 0 Å². The van der Waals surface area contributed by atoms with Crippen LogP contribution >= 0.6 is 0 Å². The number of hydrogen-bond donors (Lipinski definition) is 2. The van der Waals surface area contributed by atoms with Gasteiger partial charge in [0.2, 0.25) is 0 Å². The lowest BCUT2D eigenvalue weighted by Gasteiger charge is -2.18. The van der Waals surface area contributed by atoms with Gasteiger partial charge in [-0.3, -0.25) is 9.59 Å². The molecule has 1 aromatic heterocycles. The number of rotatable bonds is 5. The smallest absolute Gasteiger partial charge is 0.343 e. The zero-order valence-corrected chi connectivity index (χ0v) is 13.8. The minimum atomic E-state index is -1.20. The van der Waals surface area contributed by atoms with Crippen LogP contribution in [0.1, 0.15) is 33.8 Å². The molecule has 0 saturated heterocycles. The zero-order valence-electron chi connectivity index (χ0n) is 13.8. The Morgan fingerprint density at radius 2 is 1.88 bits per heavy atom. The fourth-order valence-electron chi connectivity index (χ4n) is 2.49. The summed E-state index contributed by atoms with van der Waals surface area (Å²) in [5.74, 6) is -5.92. The van der Waals surface area contributed by atoms with E-state index >= 15 is 0 Å². The molecule has 1 heterocycles. The van der Waals surface area contributed by atoms with Crippen molar-refractivity contribution in [2.75, 3.05) is 14.2 Å². The summed E-state index contributed by atoms with van der Waals surface area (Å²) in [5.41, 5.74) is -1.49. The van der Waals surface area contributed by atoms with Gasteiger partial charge in [-0.25, -0.2) is 13.6 Å². The van der Waals surface area contributed by atoms with Gasteiger partial charge in [0.25, 0.3) is 5.56 Å². The third-order valence-electron chi connectivity index (χ3n) is 3.80. The van der Waals surface area contributed by atoms with Crippen molar-refractivity contribution in [1.82, 2.24) is 4.98 Å². The first kappa shape index (κ1) is 19.1. The molecule has 0 aliphatic heterocycles. The molecule has 0 aliphatic carbocycles. The molecule has 0 radical (unpaired) electrons. The number of aromatic nitrogens is 1. The average Bonchev–Trinajstić information content (AvgIpc) is 2.62. The van der Waals surface area contributed by atoms with Crippen LogP contribution in [0.2, 0.25) is 0 Å². The number of aromatic amines is 1. The van der Waals surface area contributed by atoms with E-state index in [-0.39, 0.29) is 16.7 Å². The summed E-state index contributed by atoms with van der Waals surface area (Å²) >= 11 is 0. The Kier molecular flexibility index (Phi) is 5.71. The third-order valence-corrected chi connectivity index (χ3v) is 3.80. The molecule has 2 N–H and O–H groups in total. The highest BCUT2D eigenvalue weighted by Gasteiger charge is 2.28. The van der Waals surface area contributed by atoms with E-state index in [0.717, 1.165) is 38.6 Å². The summed E-state index contributed by atoms with van der Waals surface area (Å²) in [7, 11) is 2.19. The molecular formula is C17H15F2NO6. The summed E-state index contributed by atoms with van der Waals surface area (Å²) in [6.45, 7) is 0. The highest BCUT2D eigenvalue weighted by Crippen LogP contribution is 2.34.